The van der Waals surface area contributed by atoms with Crippen LogP contribution in [0.5, 0.6) is 0 Å². The van der Waals surface area contributed by atoms with Crippen molar-refractivity contribution in [3.05, 3.63) is 65.7 Å². The van der Waals surface area contributed by atoms with E-state index in [1.54, 1.807) is 38.1 Å². The fourth-order valence-corrected chi connectivity index (χ4v) is 3.92. The number of likely N-dealkylation sites (N-methyl/N-ethyl adjacent to an activating group) is 1. The summed E-state index contributed by atoms with van der Waals surface area (Å²) in [6.45, 7) is 4.29. The van der Waals surface area contributed by atoms with Crippen molar-refractivity contribution in [3.8, 4) is 11.5 Å². The van der Waals surface area contributed by atoms with Gasteiger partial charge in [0.05, 0.1) is 5.69 Å². The van der Waals surface area contributed by atoms with Gasteiger partial charge < -0.3 is 14.3 Å². The highest BCUT2D eigenvalue weighted by Gasteiger charge is 2.32. The molecule has 31 heavy (non-hydrogen) atoms. The quantitative estimate of drug-likeness (QED) is 0.628. The van der Waals surface area contributed by atoms with Gasteiger partial charge in [0.25, 0.3) is 5.89 Å². The third kappa shape index (κ3) is 4.44. The van der Waals surface area contributed by atoms with E-state index in [2.05, 4.69) is 15.0 Å². The van der Waals surface area contributed by atoms with E-state index in [4.69, 9.17) is 4.52 Å². The van der Waals surface area contributed by atoms with Crippen molar-refractivity contribution >= 4 is 11.6 Å². The first-order chi connectivity index (χ1) is 14.9. The van der Waals surface area contributed by atoms with Gasteiger partial charge in [-0.1, -0.05) is 35.5 Å². The normalized spacial score (nSPS) is 15.7. The molecule has 1 saturated heterocycles. The Morgan fingerprint density at radius 2 is 1.81 bits per heavy atom. The third-order valence-corrected chi connectivity index (χ3v) is 5.53. The molecule has 0 aliphatic carbocycles. The van der Waals surface area contributed by atoms with Gasteiger partial charge in [0.1, 0.15) is 11.9 Å². The smallest absolute Gasteiger partial charge is 0.258 e. The average Bonchev–Trinajstić information content (AvgIpc) is 3.21. The number of halogens is 1. The fraction of sp³-hybridized carbons (Fsp3) is 0.348. The zero-order valence-corrected chi connectivity index (χ0v) is 18.0. The van der Waals surface area contributed by atoms with Crippen LogP contribution >= 0.6 is 0 Å². The maximum atomic E-state index is 14.9. The number of hydrogen-bond acceptors (Lipinski definition) is 6. The molecule has 0 bridgehead atoms. The molecule has 2 aromatic carbocycles. The van der Waals surface area contributed by atoms with Crippen LogP contribution in [0.3, 0.4) is 0 Å². The van der Waals surface area contributed by atoms with Gasteiger partial charge in [-0.15, -0.1) is 0 Å². The van der Waals surface area contributed by atoms with Crippen molar-refractivity contribution in [2.24, 2.45) is 0 Å². The summed E-state index contributed by atoms with van der Waals surface area (Å²) in [5.74, 6) is 0.535. The molecule has 0 saturated carbocycles. The molecular formula is C23H26FN5O2. The molecular weight excluding hydrogens is 397 g/mol. The highest BCUT2D eigenvalue weighted by atomic mass is 19.1. The predicted molar refractivity (Wildman–Crippen MR) is 116 cm³/mol. The molecule has 7 nitrogen and oxygen atoms in total. The van der Waals surface area contributed by atoms with Crippen molar-refractivity contribution in [2.75, 3.05) is 45.2 Å². The van der Waals surface area contributed by atoms with E-state index in [9.17, 15) is 9.18 Å². The number of aromatic nitrogens is 2. The Balaban J connectivity index is 1.49. The zero-order valence-electron chi connectivity index (χ0n) is 18.0. The molecule has 0 spiro atoms. The molecule has 2 heterocycles. The topological polar surface area (TPSA) is 65.7 Å². The van der Waals surface area contributed by atoms with Crippen LogP contribution in [0.15, 0.2) is 53.1 Å². The zero-order chi connectivity index (χ0) is 22.0. The van der Waals surface area contributed by atoms with Gasteiger partial charge >= 0.3 is 0 Å². The lowest BCUT2D eigenvalue weighted by atomic mass is 10.0. The SMILES string of the molecule is Cc1noc(-c2ccc(N3CCN(C(C(=O)N(C)C)c4ccccc4)CC3)c(F)c2)n1. The minimum atomic E-state index is -0.341. The Labute approximate surface area is 181 Å². The Bertz CT molecular complexity index is 1050. The Hall–Kier alpha value is -3.26. The molecule has 8 heteroatoms. The third-order valence-electron chi connectivity index (χ3n) is 5.53. The second-order valence-corrected chi connectivity index (χ2v) is 7.88. The van der Waals surface area contributed by atoms with E-state index in [0.717, 1.165) is 5.56 Å². The maximum Gasteiger partial charge on any atom is 0.258 e. The summed E-state index contributed by atoms with van der Waals surface area (Å²) in [4.78, 5) is 22.9. The van der Waals surface area contributed by atoms with E-state index in [1.165, 1.54) is 6.07 Å². The molecule has 4 rings (SSSR count). The Kier molecular flexibility index (Phi) is 5.99. The van der Waals surface area contributed by atoms with Crippen LogP contribution in [0, 0.1) is 12.7 Å². The number of hydrogen-bond donors (Lipinski definition) is 0. The lowest BCUT2D eigenvalue weighted by molar-refractivity contribution is -0.134. The van der Waals surface area contributed by atoms with Gasteiger partial charge in [-0.3, -0.25) is 9.69 Å². The maximum absolute atomic E-state index is 14.9. The standard InChI is InChI=1S/C23H26FN5O2/c1-16-25-22(31-26-16)18-9-10-20(19(24)15-18)28-11-13-29(14-12-28)21(23(30)27(2)3)17-7-5-4-6-8-17/h4-10,15,21H,11-14H2,1-3H3. The van der Waals surface area contributed by atoms with Crippen LogP contribution in [0.2, 0.25) is 0 Å². The molecule has 3 aromatic rings. The summed E-state index contributed by atoms with van der Waals surface area (Å²) < 4.78 is 20.0. The molecule has 1 atom stereocenters. The molecule has 162 valence electrons. The van der Waals surface area contributed by atoms with Crippen LogP contribution in [0.1, 0.15) is 17.4 Å². The first-order valence-corrected chi connectivity index (χ1v) is 10.3. The van der Waals surface area contributed by atoms with Gasteiger partial charge in [-0.25, -0.2) is 4.39 Å². The number of amides is 1. The van der Waals surface area contributed by atoms with Crippen molar-refractivity contribution in [2.45, 2.75) is 13.0 Å². The average molecular weight is 423 g/mol. The second kappa shape index (κ2) is 8.85. The molecule has 1 aliphatic rings. The number of rotatable bonds is 5. The first-order valence-electron chi connectivity index (χ1n) is 10.3. The van der Waals surface area contributed by atoms with Crippen molar-refractivity contribution < 1.29 is 13.7 Å². The number of nitrogens with zero attached hydrogens (tertiary/aromatic N) is 5. The summed E-state index contributed by atoms with van der Waals surface area (Å²) in [7, 11) is 3.55. The first kappa shape index (κ1) is 21.0. The van der Waals surface area contributed by atoms with E-state index < -0.39 is 0 Å². The van der Waals surface area contributed by atoms with Gasteiger partial charge in [-0.05, 0) is 30.7 Å². The van der Waals surface area contributed by atoms with Gasteiger partial charge in [0.2, 0.25) is 5.91 Å². The number of piperazine rings is 1. The van der Waals surface area contributed by atoms with Crippen LogP contribution < -0.4 is 4.90 Å². The molecule has 1 aromatic heterocycles. The minimum absolute atomic E-state index is 0.0463. The summed E-state index contributed by atoms with van der Waals surface area (Å²) in [5.41, 5.74) is 2.07. The number of aryl methyl sites for hydroxylation is 1. The number of carbonyl (C=O) groups is 1. The summed E-state index contributed by atoms with van der Waals surface area (Å²) in [6.07, 6.45) is 0. The molecule has 0 radical (unpaired) electrons. The van der Waals surface area contributed by atoms with Gasteiger partial charge in [0, 0.05) is 45.8 Å². The minimum Gasteiger partial charge on any atom is -0.367 e. The monoisotopic (exact) mass is 423 g/mol. The number of anilines is 1. The van der Waals surface area contributed by atoms with Gasteiger partial charge in [0.15, 0.2) is 5.82 Å². The molecule has 1 aliphatic heterocycles. The highest BCUT2D eigenvalue weighted by molar-refractivity contribution is 5.83. The summed E-state index contributed by atoms with van der Waals surface area (Å²) in [6, 6.07) is 14.4. The van der Waals surface area contributed by atoms with Crippen LogP contribution in [-0.4, -0.2) is 66.1 Å². The van der Waals surface area contributed by atoms with Gasteiger partial charge in [-0.2, -0.15) is 4.98 Å². The lowest BCUT2D eigenvalue weighted by Crippen LogP contribution is -2.51. The molecule has 1 amide bonds. The summed E-state index contributed by atoms with van der Waals surface area (Å²) in [5, 5.41) is 3.76. The largest absolute Gasteiger partial charge is 0.367 e. The summed E-state index contributed by atoms with van der Waals surface area (Å²) >= 11 is 0. The van der Waals surface area contributed by atoms with E-state index >= 15 is 0 Å². The highest BCUT2D eigenvalue weighted by Crippen LogP contribution is 2.29. The molecule has 1 unspecified atom stereocenters. The lowest BCUT2D eigenvalue weighted by Gasteiger charge is -2.40. The molecule has 0 N–H and O–H groups in total. The van der Waals surface area contributed by atoms with Crippen molar-refractivity contribution in [3.63, 3.8) is 0 Å². The fourth-order valence-electron chi connectivity index (χ4n) is 3.92. The van der Waals surface area contributed by atoms with Crippen molar-refractivity contribution in [1.29, 1.82) is 0 Å². The Morgan fingerprint density at radius 1 is 1.10 bits per heavy atom. The van der Waals surface area contributed by atoms with Crippen LogP contribution in [-0.2, 0) is 4.79 Å². The number of carbonyl (C=O) groups excluding carboxylic acids is 1. The Morgan fingerprint density at radius 3 is 2.39 bits per heavy atom. The number of benzene rings is 2. The predicted octanol–water partition coefficient (Wildman–Crippen LogP) is 3.14. The van der Waals surface area contributed by atoms with E-state index in [-0.39, 0.29) is 17.8 Å². The van der Waals surface area contributed by atoms with Crippen molar-refractivity contribution in [1.82, 2.24) is 19.9 Å². The van der Waals surface area contributed by atoms with E-state index in [1.807, 2.05) is 35.2 Å². The van der Waals surface area contributed by atoms with Crippen LogP contribution in [0.4, 0.5) is 10.1 Å². The van der Waals surface area contributed by atoms with Crippen LogP contribution in [0.25, 0.3) is 11.5 Å². The molecule has 1 fully saturated rings. The second-order valence-electron chi connectivity index (χ2n) is 7.88. The van der Waals surface area contributed by atoms with E-state index in [0.29, 0.717) is 49.1 Å².